The molecule has 2 aromatic rings. The van der Waals surface area contributed by atoms with Crippen molar-refractivity contribution in [1.82, 2.24) is 9.29 Å². The van der Waals surface area contributed by atoms with Gasteiger partial charge in [0.15, 0.2) is 0 Å². The van der Waals surface area contributed by atoms with E-state index >= 15 is 0 Å². The third-order valence-corrected chi connectivity index (χ3v) is 6.73. The Kier molecular flexibility index (Phi) is 7.23. The molecule has 0 bridgehead atoms. The van der Waals surface area contributed by atoms with Crippen LogP contribution in [0.4, 0.5) is 5.69 Å². The van der Waals surface area contributed by atoms with E-state index in [4.69, 9.17) is 4.74 Å². The smallest absolute Gasteiger partial charge is 0.258 e. The first-order valence-corrected chi connectivity index (χ1v) is 11.0. The number of pyridine rings is 1. The number of anilines is 1. The minimum Gasteiger partial charge on any atom is -0.495 e. The summed E-state index contributed by atoms with van der Waals surface area (Å²) in [6, 6.07) is 7.76. The van der Waals surface area contributed by atoms with Crippen molar-refractivity contribution in [2.24, 2.45) is 0 Å². The van der Waals surface area contributed by atoms with Gasteiger partial charge in [0.05, 0.1) is 23.3 Å². The van der Waals surface area contributed by atoms with Gasteiger partial charge < -0.3 is 10.1 Å². The van der Waals surface area contributed by atoms with Crippen molar-refractivity contribution in [1.29, 1.82) is 0 Å². The van der Waals surface area contributed by atoms with Gasteiger partial charge in [-0.3, -0.25) is 4.79 Å². The quantitative estimate of drug-likeness (QED) is 0.674. The van der Waals surface area contributed by atoms with Crippen molar-refractivity contribution in [3.63, 3.8) is 0 Å². The number of amides is 1. The molecule has 1 amide bonds. The summed E-state index contributed by atoms with van der Waals surface area (Å²) in [5, 5.41) is 3.32. The van der Waals surface area contributed by atoms with E-state index in [9.17, 15) is 13.2 Å². The highest BCUT2D eigenvalue weighted by molar-refractivity contribution is 7.98. The zero-order valence-corrected chi connectivity index (χ0v) is 17.4. The van der Waals surface area contributed by atoms with Crippen LogP contribution in [0.15, 0.2) is 46.5 Å². The molecule has 2 rings (SSSR count). The lowest BCUT2D eigenvalue weighted by molar-refractivity contribution is 0.102. The molecule has 1 aromatic carbocycles. The molecule has 0 aliphatic carbocycles. The van der Waals surface area contributed by atoms with Crippen LogP contribution in [0.1, 0.15) is 24.2 Å². The Morgan fingerprint density at radius 1 is 1.26 bits per heavy atom. The van der Waals surface area contributed by atoms with Crippen LogP contribution < -0.4 is 10.1 Å². The number of aromatic nitrogens is 1. The van der Waals surface area contributed by atoms with Gasteiger partial charge >= 0.3 is 0 Å². The number of methoxy groups -OCH3 is 1. The van der Waals surface area contributed by atoms with Crippen LogP contribution in [0.3, 0.4) is 0 Å². The molecule has 1 aromatic heterocycles. The third-order valence-electron chi connectivity index (χ3n) is 3.97. The maximum Gasteiger partial charge on any atom is 0.258 e. The molecule has 0 spiro atoms. The number of ether oxygens (including phenoxy) is 1. The molecule has 0 aliphatic rings. The molecule has 1 N–H and O–H groups in total. The van der Waals surface area contributed by atoms with Crippen LogP contribution in [-0.2, 0) is 10.0 Å². The van der Waals surface area contributed by atoms with E-state index in [0.717, 1.165) is 0 Å². The number of thioether (sulfide) groups is 1. The molecule has 1 heterocycles. The monoisotopic (exact) mass is 409 g/mol. The first-order chi connectivity index (χ1) is 12.9. The van der Waals surface area contributed by atoms with Crippen LogP contribution >= 0.6 is 11.8 Å². The Morgan fingerprint density at radius 2 is 1.96 bits per heavy atom. The molecule has 0 saturated carbocycles. The summed E-state index contributed by atoms with van der Waals surface area (Å²) in [5.41, 5.74) is 0.690. The minimum atomic E-state index is -3.65. The van der Waals surface area contributed by atoms with Crippen LogP contribution in [0, 0.1) is 0 Å². The molecular formula is C18H23N3O4S2. The van der Waals surface area contributed by atoms with Gasteiger partial charge in [0.2, 0.25) is 10.0 Å². The second kappa shape index (κ2) is 9.20. The number of nitrogens with zero attached hydrogens (tertiary/aromatic N) is 2. The Balaban J connectivity index is 2.43. The lowest BCUT2D eigenvalue weighted by Crippen LogP contribution is -2.30. The summed E-state index contributed by atoms with van der Waals surface area (Å²) in [6.07, 6.45) is 3.44. The van der Waals surface area contributed by atoms with Gasteiger partial charge in [-0.15, -0.1) is 11.8 Å². The molecular weight excluding hydrogens is 386 g/mol. The standard InChI is InChI=1S/C18H23N3O4S2/c1-5-21(6-2)27(23,24)13-9-10-16(25-3)15(12-13)20-17(22)14-8-7-11-19-18(14)26-4/h7-12H,5-6H2,1-4H3,(H,20,22). The normalized spacial score (nSPS) is 11.4. The molecule has 9 heteroatoms. The fourth-order valence-electron chi connectivity index (χ4n) is 2.57. The fourth-order valence-corrected chi connectivity index (χ4v) is 4.61. The van der Waals surface area contributed by atoms with Gasteiger partial charge in [0, 0.05) is 19.3 Å². The van der Waals surface area contributed by atoms with Crippen LogP contribution in [-0.4, -0.2) is 50.1 Å². The molecule has 7 nitrogen and oxygen atoms in total. The van der Waals surface area contributed by atoms with E-state index in [-0.39, 0.29) is 16.5 Å². The number of hydrogen-bond acceptors (Lipinski definition) is 6. The number of rotatable bonds is 8. The topological polar surface area (TPSA) is 88.6 Å². The summed E-state index contributed by atoms with van der Waals surface area (Å²) >= 11 is 1.36. The molecule has 0 unspecified atom stereocenters. The zero-order chi connectivity index (χ0) is 20.0. The summed E-state index contributed by atoms with van der Waals surface area (Å²) in [7, 11) is -2.19. The molecule has 0 radical (unpaired) electrons. The van der Waals surface area contributed by atoms with Crippen molar-refractivity contribution in [2.45, 2.75) is 23.8 Å². The maximum atomic E-state index is 12.8. The second-order valence-electron chi connectivity index (χ2n) is 5.47. The predicted molar refractivity (Wildman–Crippen MR) is 107 cm³/mol. The summed E-state index contributed by atoms with van der Waals surface area (Å²) < 4.78 is 32.2. The molecule has 146 valence electrons. The Labute approximate surface area is 164 Å². The first kappa shape index (κ1) is 21.2. The largest absolute Gasteiger partial charge is 0.495 e. The van der Waals surface area contributed by atoms with E-state index in [1.54, 1.807) is 32.2 Å². The van der Waals surface area contributed by atoms with Crippen molar-refractivity contribution in [3.05, 3.63) is 42.1 Å². The Hall–Kier alpha value is -2.10. The van der Waals surface area contributed by atoms with Gasteiger partial charge in [0.25, 0.3) is 5.91 Å². The minimum absolute atomic E-state index is 0.0959. The van der Waals surface area contributed by atoms with Crippen molar-refractivity contribution in [3.8, 4) is 5.75 Å². The first-order valence-electron chi connectivity index (χ1n) is 8.37. The van der Waals surface area contributed by atoms with Gasteiger partial charge in [-0.2, -0.15) is 4.31 Å². The number of carbonyl (C=O) groups is 1. The fraction of sp³-hybridized carbons (Fsp3) is 0.333. The maximum absolute atomic E-state index is 12.8. The van der Waals surface area contributed by atoms with Gasteiger partial charge in [-0.1, -0.05) is 13.8 Å². The van der Waals surface area contributed by atoms with E-state index in [0.29, 0.717) is 29.4 Å². The highest BCUT2D eigenvalue weighted by Crippen LogP contribution is 2.30. The predicted octanol–water partition coefficient (Wildman–Crippen LogP) is 3.09. The number of nitrogens with one attached hydrogen (secondary N) is 1. The molecule has 0 atom stereocenters. The van der Waals surface area contributed by atoms with Gasteiger partial charge in [0.1, 0.15) is 10.8 Å². The van der Waals surface area contributed by atoms with Crippen molar-refractivity contribution < 1.29 is 17.9 Å². The zero-order valence-electron chi connectivity index (χ0n) is 15.7. The Bertz CT molecular complexity index is 913. The number of sulfonamides is 1. The highest BCUT2D eigenvalue weighted by Gasteiger charge is 2.23. The van der Waals surface area contributed by atoms with Crippen LogP contribution in [0.2, 0.25) is 0 Å². The third kappa shape index (κ3) is 4.60. The number of benzene rings is 1. The lowest BCUT2D eigenvalue weighted by Gasteiger charge is -2.19. The number of hydrogen-bond donors (Lipinski definition) is 1. The Morgan fingerprint density at radius 3 is 2.56 bits per heavy atom. The second-order valence-corrected chi connectivity index (χ2v) is 8.20. The molecule has 0 saturated heterocycles. The average molecular weight is 410 g/mol. The number of carbonyl (C=O) groups excluding carboxylic acids is 1. The van der Waals surface area contributed by atoms with Crippen molar-refractivity contribution in [2.75, 3.05) is 31.8 Å². The van der Waals surface area contributed by atoms with Gasteiger partial charge in [-0.25, -0.2) is 13.4 Å². The van der Waals surface area contributed by atoms with Crippen molar-refractivity contribution >= 4 is 33.4 Å². The average Bonchev–Trinajstić information content (AvgIpc) is 2.68. The lowest BCUT2D eigenvalue weighted by atomic mass is 10.2. The van der Waals surface area contributed by atoms with Gasteiger partial charge in [-0.05, 0) is 36.6 Å². The highest BCUT2D eigenvalue weighted by atomic mass is 32.2. The van der Waals surface area contributed by atoms with Crippen LogP contribution in [0.5, 0.6) is 5.75 Å². The SMILES string of the molecule is CCN(CC)S(=O)(=O)c1ccc(OC)c(NC(=O)c2cccnc2SC)c1. The van der Waals surface area contributed by atoms with E-state index in [2.05, 4.69) is 10.3 Å². The van der Waals surface area contributed by atoms with E-state index in [1.165, 1.54) is 41.4 Å². The van der Waals surface area contributed by atoms with E-state index < -0.39 is 10.0 Å². The molecule has 0 fully saturated rings. The van der Waals surface area contributed by atoms with E-state index in [1.807, 2.05) is 6.26 Å². The summed E-state index contributed by atoms with van der Waals surface area (Å²) in [5.74, 6) is -0.0143. The van der Waals surface area contributed by atoms with Crippen LogP contribution in [0.25, 0.3) is 0 Å². The summed E-state index contributed by atoms with van der Waals surface area (Å²) in [4.78, 5) is 17.0. The summed E-state index contributed by atoms with van der Waals surface area (Å²) in [6.45, 7) is 4.28. The molecule has 27 heavy (non-hydrogen) atoms. The molecule has 0 aliphatic heterocycles.